The first-order valence-electron chi connectivity index (χ1n) is 12.1. The SMILES string of the molecule is CC(C)(C)OC(=O)N1CC[C@@H](OC2CCNCC2)[C@H]1C(=O)N1CCO[C@H](c2ccccc2)C1. The molecule has 2 amide bonds. The number of likely N-dealkylation sites (tertiary alicyclic amines) is 1. The van der Waals surface area contributed by atoms with Crippen LogP contribution in [0.5, 0.6) is 0 Å². The zero-order valence-electron chi connectivity index (χ0n) is 20.0. The Morgan fingerprint density at radius 2 is 1.79 bits per heavy atom. The third-order valence-corrected chi connectivity index (χ3v) is 6.43. The van der Waals surface area contributed by atoms with E-state index in [-0.39, 0.29) is 24.2 Å². The molecule has 0 bridgehead atoms. The molecular formula is C25H37N3O5. The maximum atomic E-state index is 13.8. The number of piperidine rings is 1. The van der Waals surface area contributed by atoms with Crippen LogP contribution in [0, 0.1) is 0 Å². The van der Waals surface area contributed by atoms with Gasteiger partial charge in [0.15, 0.2) is 0 Å². The van der Waals surface area contributed by atoms with Crippen molar-refractivity contribution in [2.24, 2.45) is 0 Å². The Labute approximate surface area is 196 Å². The van der Waals surface area contributed by atoms with Gasteiger partial charge in [0.25, 0.3) is 0 Å². The van der Waals surface area contributed by atoms with Crippen molar-refractivity contribution in [3.05, 3.63) is 35.9 Å². The smallest absolute Gasteiger partial charge is 0.411 e. The number of nitrogens with one attached hydrogen (secondary N) is 1. The van der Waals surface area contributed by atoms with Gasteiger partial charge in [0.2, 0.25) is 5.91 Å². The van der Waals surface area contributed by atoms with Gasteiger partial charge >= 0.3 is 6.09 Å². The molecule has 8 nitrogen and oxygen atoms in total. The van der Waals surface area contributed by atoms with Crippen molar-refractivity contribution < 1.29 is 23.8 Å². The minimum Gasteiger partial charge on any atom is -0.444 e. The number of rotatable bonds is 4. The molecule has 3 heterocycles. The summed E-state index contributed by atoms with van der Waals surface area (Å²) >= 11 is 0. The van der Waals surface area contributed by atoms with E-state index < -0.39 is 17.7 Å². The molecule has 0 aliphatic carbocycles. The van der Waals surface area contributed by atoms with Crippen molar-refractivity contribution in [2.45, 2.75) is 70.0 Å². The third-order valence-electron chi connectivity index (χ3n) is 6.43. The Kier molecular flexibility index (Phi) is 7.56. The molecule has 3 atom stereocenters. The van der Waals surface area contributed by atoms with Crippen LogP contribution in [0.1, 0.15) is 51.7 Å². The minimum atomic E-state index is -0.677. The van der Waals surface area contributed by atoms with Crippen LogP contribution >= 0.6 is 0 Å². The standard InChI is InChI=1S/C25H37N3O5/c1-25(2,3)33-24(30)28-14-11-20(32-19-9-12-26-13-10-19)22(28)23(29)27-15-16-31-21(17-27)18-7-5-4-6-8-18/h4-8,19-22,26H,9-17H2,1-3H3/t20-,21+,22+/m1/s1. The first kappa shape index (κ1) is 24.0. The number of hydrogen-bond donors (Lipinski definition) is 1. The molecule has 0 unspecified atom stereocenters. The zero-order valence-corrected chi connectivity index (χ0v) is 20.0. The van der Waals surface area contributed by atoms with E-state index >= 15 is 0 Å². The molecule has 3 aliphatic rings. The molecule has 8 heteroatoms. The van der Waals surface area contributed by atoms with Gasteiger partial charge < -0.3 is 24.4 Å². The highest BCUT2D eigenvalue weighted by Crippen LogP contribution is 2.30. The van der Waals surface area contributed by atoms with Crippen molar-refractivity contribution in [3.8, 4) is 0 Å². The zero-order chi connectivity index (χ0) is 23.4. The molecule has 1 aromatic carbocycles. The van der Waals surface area contributed by atoms with E-state index in [4.69, 9.17) is 14.2 Å². The summed E-state index contributed by atoms with van der Waals surface area (Å²) in [5, 5.41) is 3.34. The van der Waals surface area contributed by atoms with Crippen molar-refractivity contribution >= 4 is 12.0 Å². The van der Waals surface area contributed by atoms with Gasteiger partial charge in [0, 0.05) is 13.1 Å². The van der Waals surface area contributed by atoms with Crippen LogP contribution in [-0.2, 0) is 19.0 Å². The average Bonchev–Trinajstić information content (AvgIpc) is 3.22. The summed E-state index contributed by atoms with van der Waals surface area (Å²) in [6.07, 6.45) is 1.60. The van der Waals surface area contributed by atoms with Crippen LogP contribution in [0.3, 0.4) is 0 Å². The largest absolute Gasteiger partial charge is 0.444 e. The number of amides is 2. The number of carbonyl (C=O) groups excluding carboxylic acids is 2. The molecule has 0 radical (unpaired) electrons. The van der Waals surface area contributed by atoms with Crippen LogP contribution in [0.4, 0.5) is 4.79 Å². The quantitative estimate of drug-likeness (QED) is 0.746. The molecule has 0 aromatic heterocycles. The predicted octanol–water partition coefficient (Wildman–Crippen LogP) is 2.73. The molecule has 3 fully saturated rings. The lowest BCUT2D eigenvalue weighted by atomic mass is 10.0. The Morgan fingerprint density at radius 1 is 1.06 bits per heavy atom. The Morgan fingerprint density at radius 3 is 2.48 bits per heavy atom. The summed E-state index contributed by atoms with van der Waals surface area (Å²) in [5.74, 6) is -0.0819. The van der Waals surface area contributed by atoms with Gasteiger partial charge in [-0.2, -0.15) is 0 Å². The summed E-state index contributed by atoms with van der Waals surface area (Å²) in [5.41, 5.74) is 0.420. The van der Waals surface area contributed by atoms with Crippen LogP contribution < -0.4 is 5.32 Å². The van der Waals surface area contributed by atoms with Crippen LogP contribution in [0.2, 0.25) is 0 Å². The van der Waals surface area contributed by atoms with Crippen LogP contribution in [0.25, 0.3) is 0 Å². The van der Waals surface area contributed by atoms with Crippen molar-refractivity contribution in [2.75, 3.05) is 39.3 Å². The fraction of sp³-hybridized carbons (Fsp3) is 0.680. The highest BCUT2D eigenvalue weighted by atomic mass is 16.6. The Hall–Kier alpha value is -2.16. The number of carbonyl (C=O) groups is 2. The van der Waals surface area contributed by atoms with Crippen molar-refractivity contribution in [1.82, 2.24) is 15.1 Å². The van der Waals surface area contributed by atoms with E-state index in [0.29, 0.717) is 32.7 Å². The molecule has 1 aromatic rings. The maximum Gasteiger partial charge on any atom is 0.411 e. The fourth-order valence-corrected chi connectivity index (χ4v) is 4.81. The predicted molar refractivity (Wildman–Crippen MR) is 124 cm³/mol. The lowest BCUT2D eigenvalue weighted by Crippen LogP contribution is -2.56. The molecule has 3 saturated heterocycles. The number of benzene rings is 1. The average molecular weight is 460 g/mol. The van der Waals surface area contributed by atoms with Gasteiger partial charge in [0.1, 0.15) is 17.7 Å². The van der Waals surface area contributed by atoms with Crippen molar-refractivity contribution in [3.63, 3.8) is 0 Å². The van der Waals surface area contributed by atoms with E-state index in [1.165, 1.54) is 0 Å². The van der Waals surface area contributed by atoms with E-state index in [0.717, 1.165) is 31.5 Å². The lowest BCUT2D eigenvalue weighted by molar-refractivity contribution is -0.149. The highest BCUT2D eigenvalue weighted by molar-refractivity contribution is 5.87. The van der Waals surface area contributed by atoms with Gasteiger partial charge in [-0.15, -0.1) is 0 Å². The summed E-state index contributed by atoms with van der Waals surface area (Å²) in [6.45, 7) is 9.22. The minimum absolute atomic E-state index is 0.0819. The summed E-state index contributed by atoms with van der Waals surface area (Å²) in [4.78, 5) is 30.3. The van der Waals surface area contributed by atoms with E-state index in [9.17, 15) is 9.59 Å². The molecule has 0 saturated carbocycles. The summed E-state index contributed by atoms with van der Waals surface area (Å²) in [6, 6.07) is 9.28. The van der Waals surface area contributed by atoms with Crippen molar-refractivity contribution in [1.29, 1.82) is 0 Å². The first-order chi connectivity index (χ1) is 15.8. The number of ether oxygens (including phenoxy) is 3. The second-order valence-corrected chi connectivity index (χ2v) is 10.1. The monoisotopic (exact) mass is 459 g/mol. The van der Waals surface area contributed by atoms with Crippen LogP contribution in [0.15, 0.2) is 30.3 Å². The van der Waals surface area contributed by atoms with E-state index in [1.807, 2.05) is 56.0 Å². The summed E-state index contributed by atoms with van der Waals surface area (Å²) in [7, 11) is 0. The molecule has 3 aliphatic heterocycles. The number of hydrogen-bond acceptors (Lipinski definition) is 6. The second-order valence-electron chi connectivity index (χ2n) is 10.1. The Bertz CT molecular complexity index is 806. The summed E-state index contributed by atoms with van der Waals surface area (Å²) < 4.78 is 18.0. The maximum absolute atomic E-state index is 13.8. The third kappa shape index (κ3) is 6.05. The number of morpholine rings is 1. The first-order valence-corrected chi connectivity index (χ1v) is 12.1. The number of nitrogens with zero attached hydrogens (tertiary/aromatic N) is 2. The van der Waals surface area contributed by atoms with E-state index in [1.54, 1.807) is 4.90 Å². The molecule has 1 N–H and O–H groups in total. The molecule has 0 spiro atoms. The Balaban J connectivity index is 1.51. The topological polar surface area (TPSA) is 80.3 Å². The van der Waals surface area contributed by atoms with Crippen LogP contribution in [-0.4, -0.2) is 85.0 Å². The fourth-order valence-electron chi connectivity index (χ4n) is 4.81. The van der Waals surface area contributed by atoms with Gasteiger partial charge in [-0.25, -0.2) is 4.79 Å². The van der Waals surface area contributed by atoms with Gasteiger partial charge in [0.05, 0.1) is 25.4 Å². The second kappa shape index (κ2) is 10.4. The molecule has 33 heavy (non-hydrogen) atoms. The normalized spacial score (nSPS) is 26.9. The van der Waals surface area contributed by atoms with Gasteiger partial charge in [-0.1, -0.05) is 30.3 Å². The molecule has 4 rings (SSSR count). The van der Waals surface area contributed by atoms with Gasteiger partial charge in [-0.05, 0) is 58.7 Å². The van der Waals surface area contributed by atoms with Gasteiger partial charge in [-0.3, -0.25) is 9.69 Å². The molecular weight excluding hydrogens is 422 g/mol. The van der Waals surface area contributed by atoms with E-state index in [2.05, 4.69) is 5.32 Å². The molecule has 182 valence electrons. The highest BCUT2D eigenvalue weighted by Gasteiger charge is 2.47. The lowest BCUT2D eigenvalue weighted by Gasteiger charge is -2.38.